The van der Waals surface area contributed by atoms with Gasteiger partial charge in [0.15, 0.2) is 6.10 Å². The van der Waals surface area contributed by atoms with E-state index in [1.54, 1.807) is 48.5 Å². The minimum atomic E-state index is -1.03. The fourth-order valence-electron chi connectivity index (χ4n) is 2.02. The maximum Gasteiger partial charge on any atom is 0.331 e. The average Bonchev–Trinajstić information content (AvgIpc) is 2.67. The topological polar surface area (TPSA) is 103 Å². The fraction of sp³-hybridized carbons (Fsp3) is 0.100. The first kappa shape index (κ1) is 18.4. The lowest BCUT2D eigenvalue weighted by Gasteiger charge is -2.13. The van der Waals surface area contributed by atoms with Gasteiger partial charge in [-0.2, -0.15) is 10.5 Å². The number of para-hydroxylation sites is 1. The van der Waals surface area contributed by atoms with Crippen LogP contribution < -0.4 is 5.32 Å². The Morgan fingerprint density at radius 3 is 2.42 bits per heavy atom. The van der Waals surface area contributed by atoms with Crippen molar-refractivity contribution in [3.8, 4) is 12.1 Å². The monoisotopic (exact) mass is 345 g/mol. The molecule has 6 nitrogen and oxygen atoms in total. The Balaban J connectivity index is 1.93. The van der Waals surface area contributed by atoms with Crippen molar-refractivity contribution < 1.29 is 14.3 Å². The molecule has 0 aliphatic carbocycles. The van der Waals surface area contributed by atoms with Crippen LogP contribution in [0.5, 0.6) is 0 Å². The van der Waals surface area contributed by atoms with Gasteiger partial charge in [0.05, 0.1) is 22.9 Å². The van der Waals surface area contributed by atoms with E-state index in [0.29, 0.717) is 16.8 Å². The van der Waals surface area contributed by atoms with Crippen molar-refractivity contribution in [2.75, 3.05) is 5.32 Å². The molecule has 0 bridgehead atoms. The molecule has 1 amide bonds. The maximum atomic E-state index is 12.1. The van der Waals surface area contributed by atoms with Gasteiger partial charge in [0.1, 0.15) is 6.07 Å². The van der Waals surface area contributed by atoms with E-state index in [1.807, 2.05) is 12.1 Å². The highest BCUT2D eigenvalue weighted by atomic mass is 16.5. The number of rotatable bonds is 5. The zero-order chi connectivity index (χ0) is 18.9. The molecule has 6 heteroatoms. The Bertz CT molecular complexity index is 919. The molecule has 2 aromatic carbocycles. The second kappa shape index (κ2) is 8.81. The van der Waals surface area contributed by atoms with E-state index in [1.165, 1.54) is 19.1 Å². The Hall–Kier alpha value is -3.90. The van der Waals surface area contributed by atoms with Crippen molar-refractivity contribution >= 4 is 23.6 Å². The van der Waals surface area contributed by atoms with E-state index in [2.05, 4.69) is 5.32 Å². The number of amides is 1. The van der Waals surface area contributed by atoms with Crippen LogP contribution in [0.2, 0.25) is 0 Å². The van der Waals surface area contributed by atoms with Crippen molar-refractivity contribution in [3.05, 3.63) is 71.3 Å². The van der Waals surface area contributed by atoms with Gasteiger partial charge in [0, 0.05) is 6.08 Å². The Kier molecular flexibility index (Phi) is 6.25. The van der Waals surface area contributed by atoms with Crippen LogP contribution in [0.25, 0.3) is 6.08 Å². The summed E-state index contributed by atoms with van der Waals surface area (Å²) < 4.78 is 5.05. The van der Waals surface area contributed by atoms with Crippen LogP contribution in [0.1, 0.15) is 23.6 Å². The highest BCUT2D eigenvalue weighted by molar-refractivity contribution is 5.97. The zero-order valence-corrected chi connectivity index (χ0v) is 14.0. The molecule has 2 rings (SSSR count). The molecule has 1 N–H and O–H groups in total. The van der Waals surface area contributed by atoms with E-state index >= 15 is 0 Å². The SMILES string of the molecule is C[C@@H](OC(=O)/C=C/c1ccc(C#N)cc1)C(=O)Nc1ccccc1C#N. The summed E-state index contributed by atoms with van der Waals surface area (Å²) in [4.78, 5) is 23.9. The maximum absolute atomic E-state index is 12.1. The highest BCUT2D eigenvalue weighted by Gasteiger charge is 2.17. The summed E-state index contributed by atoms with van der Waals surface area (Å²) in [5.41, 5.74) is 1.92. The van der Waals surface area contributed by atoms with Gasteiger partial charge >= 0.3 is 5.97 Å². The number of carbonyl (C=O) groups excluding carboxylic acids is 2. The quantitative estimate of drug-likeness (QED) is 0.663. The van der Waals surface area contributed by atoms with Crippen LogP contribution >= 0.6 is 0 Å². The number of anilines is 1. The summed E-state index contributed by atoms with van der Waals surface area (Å²) in [5.74, 6) is -1.21. The smallest absolute Gasteiger partial charge is 0.331 e. The van der Waals surface area contributed by atoms with Crippen LogP contribution in [0.3, 0.4) is 0 Å². The average molecular weight is 345 g/mol. The molecule has 0 spiro atoms. The summed E-state index contributed by atoms with van der Waals surface area (Å²) in [5, 5.41) is 20.3. The summed E-state index contributed by atoms with van der Waals surface area (Å²) in [6.45, 7) is 1.44. The van der Waals surface area contributed by atoms with Crippen LogP contribution in [0.15, 0.2) is 54.6 Å². The lowest BCUT2D eigenvalue weighted by Crippen LogP contribution is -2.29. The van der Waals surface area contributed by atoms with Crippen LogP contribution in [-0.4, -0.2) is 18.0 Å². The number of hydrogen-bond acceptors (Lipinski definition) is 5. The van der Waals surface area contributed by atoms with Gasteiger partial charge in [-0.3, -0.25) is 4.79 Å². The molecule has 0 aliphatic rings. The second-order valence-electron chi connectivity index (χ2n) is 5.29. The summed E-state index contributed by atoms with van der Waals surface area (Å²) in [7, 11) is 0. The van der Waals surface area contributed by atoms with Crippen LogP contribution in [-0.2, 0) is 14.3 Å². The highest BCUT2D eigenvalue weighted by Crippen LogP contribution is 2.14. The van der Waals surface area contributed by atoms with E-state index < -0.39 is 18.0 Å². The fourth-order valence-corrected chi connectivity index (χ4v) is 2.02. The first-order valence-electron chi connectivity index (χ1n) is 7.72. The molecule has 0 unspecified atom stereocenters. The number of carbonyl (C=O) groups is 2. The van der Waals surface area contributed by atoms with Crippen LogP contribution in [0, 0.1) is 22.7 Å². The lowest BCUT2D eigenvalue weighted by molar-refractivity contribution is -0.148. The van der Waals surface area contributed by atoms with Gasteiger partial charge in [-0.1, -0.05) is 24.3 Å². The van der Waals surface area contributed by atoms with Crippen molar-refractivity contribution in [2.45, 2.75) is 13.0 Å². The first-order valence-corrected chi connectivity index (χ1v) is 7.72. The minimum Gasteiger partial charge on any atom is -0.449 e. The van der Waals surface area contributed by atoms with Crippen LogP contribution in [0.4, 0.5) is 5.69 Å². The number of benzene rings is 2. The Labute approximate surface area is 150 Å². The molecular weight excluding hydrogens is 330 g/mol. The number of esters is 1. The largest absolute Gasteiger partial charge is 0.449 e. The number of hydrogen-bond donors (Lipinski definition) is 1. The third kappa shape index (κ3) is 5.05. The lowest BCUT2D eigenvalue weighted by atomic mass is 10.1. The van der Waals surface area contributed by atoms with Crippen molar-refractivity contribution in [1.82, 2.24) is 0 Å². The van der Waals surface area contributed by atoms with E-state index in [0.717, 1.165) is 5.56 Å². The standard InChI is InChI=1S/C20H15N3O3/c1-14(20(25)23-18-5-3-2-4-17(18)13-22)26-19(24)11-10-15-6-8-16(12-21)9-7-15/h2-11,14H,1H3,(H,23,25)/b11-10+/t14-/m1/s1. The Morgan fingerprint density at radius 1 is 1.08 bits per heavy atom. The number of ether oxygens (including phenoxy) is 1. The molecule has 0 aromatic heterocycles. The molecule has 0 saturated heterocycles. The van der Waals surface area contributed by atoms with E-state index in [-0.39, 0.29) is 0 Å². The van der Waals surface area contributed by atoms with Gasteiger partial charge in [-0.25, -0.2) is 4.79 Å². The van der Waals surface area contributed by atoms with Crippen molar-refractivity contribution in [2.24, 2.45) is 0 Å². The molecule has 0 radical (unpaired) electrons. The van der Waals surface area contributed by atoms with Gasteiger partial charge in [-0.15, -0.1) is 0 Å². The molecule has 0 saturated carbocycles. The van der Waals surface area contributed by atoms with Gasteiger partial charge in [0.25, 0.3) is 5.91 Å². The van der Waals surface area contributed by atoms with Crippen molar-refractivity contribution in [1.29, 1.82) is 10.5 Å². The van der Waals surface area contributed by atoms with Gasteiger partial charge < -0.3 is 10.1 Å². The third-order valence-corrected chi connectivity index (χ3v) is 3.42. The first-order chi connectivity index (χ1) is 12.5. The van der Waals surface area contributed by atoms with Crippen molar-refractivity contribution in [3.63, 3.8) is 0 Å². The molecular formula is C20H15N3O3. The van der Waals surface area contributed by atoms with E-state index in [4.69, 9.17) is 15.3 Å². The predicted molar refractivity (Wildman–Crippen MR) is 95.5 cm³/mol. The predicted octanol–water partition coefficient (Wildman–Crippen LogP) is 3.01. The third-order valence-electron chi connectivity index (χ3n) is 3.42. The molecule has 2 aromatic rings. The molecule has 1 atom stereocenters. The molecule has 0 heterocycles. The van der Waals surface area contributed by atoms with Gasteiger partial charge in [-0.05, 0) is 42.8 Å². The minimum absolute atomic E-state index is 0.320. The second-order valence-corrected chi connectivity index (χ2v) is 5.29. The van der Waals surface area contributed by atoms with E-state index in [9.17, 15) is 9.59 Å². The Morgan fingerprint density at radius 2 is 1.77 bits per heavy atom. The normalized spacial score (nSPS) is 11.2. The molecule has 128 valence electrons. The number of nitrogens with one attached hydrogen (secondary N) is 1. The molecule has 0 fully saturated rings. The zero-order valence-electron chi connectivity index (χ0n) is 14.0. The summed E-state index contributed by atoms with van der Waals surface area (Å²) in [6.07, 6.45) is 1.70. The number of nitriles is 2. The van der Waals surface area contributed by atoms with Gasteiger partial charge in [0.2, 0.25) is 0 Å². The molecule has 26 heavy (non-hydrogen) atoms. The summed E-state index contributed by atoms with van der Waals surface area (Å²) >= 11 is 0. The number of nitrogens with zero attached hydrogens (tertiary/aromatic N) is 2. The summed E-state index contributed by atoms with van der Waals surface area (Å²) in [6, 6.07) is 17.2. The molecule has 0 aliphatic heterocycles.